The van der Waals surface area contributed by atoms with E-state index in [1.807, 2.05) is 6.20 Å². The average Bonchev–Trinajstić information content (AvgIpc) is 3.17. The van der Waals surface area contributed by atoms with Crippen molar-refractivity contribution in [1.82, 2.24) is 20.4 Å². The van der Waals surface area contributed by atoms with Crippen LogP contribution in [-0.4, -0.2) is 41.3 Å². The summed E-state index contributed by atoms with van der Waals surface area (Å²) < 4.78 is 5.44. The van der Waals surface area contributed by atoms with Crippen molar-refractivity contribution < 1.29 is 4.52 Å². The van der Waals surface area contributed by atoms with Crippen molar-refractivity contribution in [1.29, 1.82) is 0 Å². The molecule has 134 valence electrons. The summed E-state index contributed by atoms with van der Waals surface area (Å²) in [6, 6.07) is 4.13. The summed E-state index contributed by atoms with van der Waals surface area (Å²) in [5, 5.41) is 7.55. The highest BCUT2D eigenvalue weighted by Crippen LogP contribution is 2.22. The molecule has 0 amide bonds. The third-order valence-electron chi connectivity index (χ3n) is 5.38. The van der Waals surface area contributed by atoms with Gasteiger partial charge in [0.05, 0.1) is 0 Å². The molecule has 0 atom stereocenters. The van der Waals surface area contributed by atoms with Crippen LogP contribution in [-0.2, 0) is 6.42 Å². The summed E-state index contributed by atoms with van der Waals surface area (Å²) in [7, 11) is 0. The van der Waals surface area contributed by atoms with Crippen molar-refractivity contribution >= 4 is 5.82 Å². The molecule has 0 saturated carbocycles. The summed E-state index contributed by atoms with van der Waals surface area (Å²) in [6.45, 7) is 4.48. The second-order valence-corrected chi connectivity index (χ2v) is 7.20. The third-order valence-corrected chi connectivity index (χ3v) is 5.38. The van der Waals surface area contributed by atoms with E-state index in [9.17, 15) is 0 Å². The van der Waals surface area contributed by atoms with E-state index in [-0.39, 0.29) is 0 Å². The number of nitrogens with zero attached hydrogens (tertiary/aromatic N) is 4. The van der Waals surface area contributed by atoms with Crippen LogP contribution in [0.1, 0.15) is 44.4 Å². The van der Waals surface area contributed by atoms with Gasteiger partial charge in [0.1, 0.15) is 5.82 Å². The van der Waals surface area contributed by atoms with E-state index in [1.165, 1.54) is 32.1 Å². The number of piperidine rings is 2. The molecular weight excluding hydrogens is 314 g/mol. The first-order valence-corrected chi connectivity index (χ1v) is 9.63. The normalized spacial score (nSPS) is 19.3. The zero-order valence-electron chi connectivity index (χ0n) is 14.8. The fourth-order valence-electron chi connectivity index (χ4n) is 3.80. The summed E-state index contributed by atoms with van der Waals surface area (Å²) >= 11 is 0. The molecule has 0 spiro atoms. The third kappa shape index (κ3) is 4.18. The summed E-state index contributed by atoms with van der Waals surface area (Å²) in [6.07, 6.45) is 10.2. The first kappa shape index (κ1) is 16.5. The monoisotopic (exact) mass is 341 g/mol. The Balaban J connectivity index is 1.36. The van der Waals surface area contributed by atoms with E-state index >= 15 is 0 Å². The van der Waals surface area contributed by atoms with E-state index in [0.29, 0.717) is 5.82 Å². The second-order valence-electron chi connectivity index (χ2n) is 7.20. The topological polar surface area (TPSA) is 67.1 Å². The highest BCUT2D eigenvalue weighted by Gasteiger charge is 2.16. The number of hydrogen-bond acceptors (Lipinski definition) is 6. The molecule has 0 bridgehead atoms. The average molecular weight is 341 g/mol. The molecule has 2 aromatic heterocycles. The van der Waals surface area contributed by atoms with Gasteiger partial charge in [-0.2, -0.15) is 4.98 Å². The lowest BCUT2D eigenvalue weighted by Crippen LogP contribution is -2.29. The Morgan fingerprint density at radius 3 is 2.72 bits per heavy atom. The Bertz CT molecular complexity index is 657. The van der Waals surface area contributed by atoms with Crippen molar-refractivity contribution in [2.24, 2.45) is 5.92 Å². The molecular formula is C19H27N5O. The number of rotatable bonds is 5. The van der Waals surface area contributed by atoms with Gasteiger partial charge < -0.3 is 14.7 Å². The van der Waals surface area contributed by atoms with Crippen LogP contribution in [0.2, 0.25) is 0 Å². The Morgan fingerprint density at radius 1 is 1.12 bits per heavy atom. The van der Waals surface area contributed by atoms with Crippen LogP contribution in [0.3, 0.4) is 0 Å². The lowest BCUT2D eigenvalue weighted by molar-refractivity contribution is 0.324. The molecule has 6 nitrogen and oxygen atoms in total. The van der Waals surface area contributed by atoms with Gasteiger partial charge in [0.25, 0.3) is 0 Å². The zero-order valence-corrected chi connectivity index (χ0v) is 14.8. The van der Waals surface area contributed by atoms with Crippen LogP contribution >= 0.6 is 0 Å². The molecule has 25 heavy (non-hydrogen) atoms. The number of aromatic nitrogens is 3. The highest BCUT2D eigenvalue weighted by atomic mass is 16.5. The maximum Gasteiger partial charge on any atom is 0.226 e. The van der Waals surface area contributed by atoms with Crippen LogP contribution in [0, 0.1) is 5.92 Å². The Morgan fingerprint density at radius 2 is 1.96 bits per heavy atom. The van der Waals surface area contributed by atoms with Crippen molar-refractivity contribution in [3.05, 3.63) is 24.2 Å². The van der Waals surface area contributed by atoms with Crippen LogP contribution in [0.25, 0.3) is 11.4 Å². The maximum atomic E-state index is 5.44. The van der Waals surface area contributed by atoms with Gasteiger partial charge in [-0.1, -0.05) is 5.16 Å². The predicted molar refractivity (Wildman–Crippen MR) is 97.5 cm³/mol. The van der Waals surface area contributed by atoms with Gasteiger partial charge >= 0.3 is 0 Å². The number of nitrogens with one attached hydrogen (secondary N) is 1. The number of pyridine rings is 1. The van der Waals surface area contributed by atoms with E-state index in [2.05, 4.69) is 37.5 Å². The first-order valence-electron chi connectivity index (χ1n) is 9.63. The van der Waals surface area contributed by atoms with Crippen LogP contribution in [0.4, 0.5) is 5.82 Å². The number of anilines is 1. The minimum absolute atomic E-state index is 0.651. The highest BCUT2D eigenvalue weighted by molar-refractivity contribution is 5.55. The fraction of sp³-hybridized carbons (Fsp3) is 0.632. The molecule has 2 aliphatic rings. The Hall–Kier alpha value is -1.95. The van der Waals surface area contributed by atoms with Crippen molar-refractivity contribution in [2.75, 3.05) is 31.1 Å². The van der Waals surface area contributed by atoms with Gasteiger partial charge in [0, 0.05) is 31.3 Å². The zero-order chi connectivity index (χ0) is 16.9. The minimum atomic E-state index is 0.651. The predicted octanol–water partition coefficient (Wildman–Crippen LogP) is 3.05. The Kier molecular flexibility index (Phi) is 5.25. The van der Waals surface area contributed by atoms with Crippen LogP contribution < -0.4 is 10.2 Å². The number of hydrogen-bond donors (Lipinski definition) is 1. The quantitative estimate of drug-likeness (QED) is 0.901. The molecule has 1 N–H and O–H groups in total. The van der Waals surface area contributed by atoms with Crippen LogP contribution in [0.15, 0.2) is 22.9 Å². The SMILES string of the molecule is c1cc(N2CCCCC2)ncc1-c1noc(CCC2CCNCC2)n1. The molecule has 2 aromatic rings. The fourth-order valence-corrected chi connectivity index (χ4v) is 3.80. The van der Waals surface area contributed by atoms with E-state index in [1.54, 1.807) is 0 Å². The molecule has 0 aromatic carbocycles. The molecule has 2 saturated heterocycles. The van der Waals surface area contributed by atoms with E-state index < -0.39 is 0 Å². The van der Waals surface area contributed by atoms with Gasteiger partial charge in [-0.05, 0) is 69.7 Å². The van der Waals surface area contributed by atoms with E-state index in [4.69, 9.17) is 4.52 Å². The van der Waals surface area contributed by atoms with Gasteiger partial charge in [-0.15, -0.1) is 0 Å². The Labute approximate surface area is 149 Å². The van der Waals surface area contributed by atoms with Crippen molar-refractivity contribution in [3.8, 4) is 11.4 Å². The van der Waals surface area contributed by atoms with Gasteiger partial charge in [-0.3, -0.25) is 0 Å². The van der Waals surface area contributed by atoms with Crippen molar-refractivity contribution in [2.45, 2.75) is 44.9 Å². The second kappa shape index (κ2) is 7.95. The number of aryl methyl sites for hydroxylation is 1. The largest absolute Gasteiger partial charge is 0.357 e. The van der Waals surface area contributed by atoms with Crippen molar-refractivity contribution in [3.63, 3.8) is 0 Å². The molecule has 4 rings (SSSR count). The van der Waals surface area contributed by atoms with Gasteiger partial charge in [-0.25, -0.2) is 4.98 Å². The molecule has 2 fully saturated rings. The summed E-state index contributed by atoms with van der Waals surface area (Å²) in [4.78, 5) is 11.5. The lowest BCUT2D eigenvalue weighted by atomic mass is 9.93. The van der Waals surface area contributed by atoms with E-state index in [0.717, 1.165) is 62.2 Å². The van der Waals surface area contributed by atoms with Crippen LogP contribution in [0.5, 0.6) is 0 Å². The lowest BCUT2D eigenvalue weighted by Gasteiger charge is -2.27. The minimum Gasteiger partial charge on any atom is -0.357 e. The maximum absolute atomic E-state index is 5.44. The molecule has 2 aliphatic heterocycles. The summed E-state index contributed by atoms with van der Waals surface area (Å²) in [5.74, 6) is 3.23. The van der Waals surface area contributed by atoms with Gasteiger partial charge in [0.15, 0.2) is 0 Å². The summed E-state index contributed by atoms with van der Waals surface area (Å²) in [5.41, 5.74) is 0.928. The molecule has 0 unspecified atom stereocenters. The molecule has 0 aliphatic carbocycles. The van der Waals surface area contributed by atoms with Gasteiger partial charge in [0.2, 0.25) is 11.7 Å². The smallest absolute Gasteiger partial charge is 0.226 e. The standard InChI is InChI=1S/C19H27N5O/c1-2-12-24(13-3-1)17-6-5-16(14-21-17)19-22-18(25-23-19)7-4-15-8-10-20-11-9-15/h5-6,14-15,20H,1-4,7-13H2. The molecule has 6 heteroatoms. The molecule has 4 heterocycles. The molecule has 0 radical (unpaired) electrons. The first-order chi connectivity index (χ1) is 12.4.